The number of benzene rings is 1. The van der Waals surface area contributed by atoms with Gasteiger partial charge in [0.25, 0.3) is 0 Å². The van der Waals surface area contributed by atoms with E-state index in [-0.39, 0.29) is 12.2 Å². The Labute approximate surface area is 96.7 Å². The zero-order valence-electron chi connectivity index (χ0n) is 9.02. The Morgan fingerprint density at radius 1 is 1.35 bits per heavy atom. The molecule has 0 saturated carbocycles. The first-order valence-electron chi connectivity index (χ1n) is 4.77. The molecule has 17 heavy (non-hydrogen) atoms. The Kier molecular flexibility index (Phi) is 4.37. The van der Waals surface area contributed by atoms with Crippen molar-refractivity contribution in [3.05, 3.63) is 29.3 Å². The first kappa shape index (κ1) is 13.4. The molecule has 0 aliphatic carbocycles. The third kappa shape index (κ3) is 2.70. The van der Waals surface area contributed by atoms with Crippen molar-refractivity contribution < 1.29 is 23.7 Å². The van der Waals surface area contributed by atoms with Crippen LogP contribution in [0.2, 0.25) is 0 Å². The van der Waals surface area contributed by atoms with Gasteiger partial charge in [0.05, 0.1) is 25.7 Å². The van der Waals surface area contributed by atoms with Gasteiger partial charge in [-0.1, -0.05) is 0 Å². The summed E-state index contributed by atoms with van der Waals surface area (Å²) in [6.07, 6.45) is -3.51. The summed E-state index contributed by atoms with van der Waals surface area (Å²) in [5.41, 5.74) is -0.411. The first-order valence-corrected chi connectivity index (χ1v) is 4.77. The molecule has 2 atom stereocenters. The van der Waals surface area contributed by atoms with Gasteiger partial charge in [0.2, 0.25) is 5.82 Å². The summed E-state index contributed by atoms with van der Waals surface area (Å²) in [6, 6.07) is 3.86. The van der Waals surface area contributed by atoms with Crippen LogP contribution in [0.15, 0.2) is 12.1 Å². The van der Waals surface area contributed by atoms with Gasteiger partial charge in [-0.15, -0.1) is 0 Å². The maximum Gasteiger partial charge on any atom is 0.200 e. The predicted molar refractivity (Wildman–Crippen MR) is 54.1 cm³/mol. The fourth-order valence-corrected chi connectivity index (χ4v) is 1.35. The van der Waals surface area contributed by atoms with E-state index in [0.29, 0.717) is 0 Å². The molecular formula is C11H11F2NO3. The van der Waals surface area contributed by atoms with E-state index in [9.17, 15) is 19.0 Å². The molecule has 0 bridgehead atoms. The van der Waals surface area contributed by atoms with Crippen LogP contribution in [0.5, 0.6) is 5.75 Å². The Morgan fingerprint density at radius 2 is 2.00 bits per heavy atom. The highest BCUT2D eigenvalue weighted by molar-refractivity contribution is 5.32. The van der Waals surface area contributed by atoms with Crippen LogP contribution in [0.1, 0.15) is 18.1 Å². The number of hydrogen-bond acceptors (Lipinski definition) is 4. The summed E-state index contributed by atoms with van der Waals surface area (Å²) in [5, 5.41) is 27.2. The number of hydrogen-bond donors (Lipinski definition) is 2. The average Bonchev–Trinajstić information content (AvgIpc) is 2.32. The lowest BCUT2D eigenvalue weighted by Crippen LogP contribution is -2.19. The number of aliphatic hydroxyl groups excluding tert-OH is 2. The molecule has 0 spiro atoms. The van der Waals surface area contributed by atoms with E-state index in [1.165, 1.54) is 7.11 Å². The molecule has 0 amide bonds. The van der Waals surface area contributed by atoms with Gasteiger partial charge in [-0.25, -0.2) is 4.39 Å². The van der Waals surface area contributed by atoms with Crippen LogP contribution < -0.4 is 4.74 Å². The number of ether oxygens (including phenoxy) is 1. The van der Waals surface area contributed by atoms with Crippen LogP contribution in [0, 0.1) is 23.0 Å². The Morgan fingerprint density at radius 3 is 2.53 bits per heavy atom. The van der Waals surface area contributed by atoms with Crippen molar-refractivity contribution in [3.63, 3.8) is 0 Å². The number of rotatable bonds is 4. The lowest BCUT2D eigenvalue weighted by atomic mass is 10.0. The minimum atomic E-state index is -1.66. The molecule has 0 saturated heterocycles. The van der Waals surface area contributed by atoms with Gasteiger partial charge in [-0.3, -0.25) is 0 Å². The summed E-state index contributed by atoms with van der Waals surface area (Å²) in [6.45, 7) is 0. The molecule has 2 unspecified atom stereocenters. The van der Waals surface area contributed by atoms with Crippen LogP contribution in [-0.2, 0) is 0 Å². The van der Waals surface area contributed by atoms with Crippen LogP contribution >= 0.6 is 0 Å². The quantitative estimate of drug-likeness (QED) is 0.835. The largest absolute Gasteiger partial charge is 0.494 e. The number of halogens is 2. The third-order valence-electron chi connectivity index (χ3n) is 2.28. The fraction of sp³-hybridized carbons (Fsp3) is 0.364. The monoisotopic (exact) mass is 243 g/mol. The van der Waals surface area contributed by atoms with Gasteiger partial charge in [-0.05, 0) is 12.1 Å². The van der Waals surface area contributed by atoms with Crippen molar-refractivity contribution in [2.75, 3.05) is 7.11 Å². The lowest BCUT2D eigenvalue weighted by molar-refractivity contribution is 0.0190. The van der Waals surface area contributed by atoms with Crippen molar-refractivity contribution >= 4 is 0 Å². The smallest absolute Gasteiger partial charge is 0.200 e. The molecule has 92 valence electrons. The van der Waals surface area contributed by atoms with Crippen LogP contribution in [0.3, 0.4) is 0 Å². The van der Waals surface area contributed by atoms with Crippen LogP contribution in [-0.4, -0.2) is 23.4 Å². The molecule has 1 aromatic rings. The molecule has 6 heteroatoms. The van der Waals surface area contributed by atoms with Gasteiger partial charge in [-0.2, -0.15) is 9.65 Å². The number of nitriles is 1. The molecule has 0 heterocycles. The van der Waals surface area contributed by atoms with E-state index in [1.807, 2.05) is 0 Å². The van der Waals surface area contributed by atoms with E-state index in [1.54, 1.807) is 6.07 Å². The summed E-state index contributed by atoms with van der Waals surface area (Å²) in [7, 11) is 1.18. The normalized spacial score (nSPS) is 13.9. The summed E-state index contributed by atoms with van der Waals surface area (Å²) < 4.78 is 31.4. The third-order valence-corrected chi connectivity index (χ3v) is 2.28. The summed E-state index contributed by atoms with van der Waals surface area (Å²) >= 11 is 0. The molecule has 0 fully saturated rings. The van der Waals surface area contributed by atoms with Gasteiger partial charge >= 0.3 is 0 Å². The summed E-state index contributed by atoms with van der Waals surface area (Å²) in [5.74, 6) is -2.84. The highest BCUT2D eigenvalue weighted by Crippen LogP contribution is 2.28. The predicted octanol–water partition coefficient (Wildman–Crippen LogP) is 1.28. The first-order chi connectivity index (χ1) is 8.02. The fourth-order valence-electron chi connectivity index (χ4n) is 1.35. The van der Waals surface area contributed by atoms with Gasteiger partial charge in [0, 0.05) is 5.56 Å². The van der Waals surface area contributed by atoms with Crippen LogP contribution in [0.25, 0.3) is 0 Å². The molecule has 2 N–H and O–H groups in total. The lowest BCUT2D eigenvalue weighted by Gasteiger charge is -2.17. The van der Waals surface area contributed by atoms with E-state index in [0.717, 1.165) is 12.1 Å². The maximum absolute atomic E-state index is 13.5. The molecular weight excluding hydrogens is 232 g/mol. The molecule has 4 nitrogen and oxygen atoms in total. The zero-order valence-corrected chi connectivity index (χ0v) is 9.02. The van der Waals surface area contributed by atoms with Crippen molar-refractivity contribution in [3.8, 4) is 11.8 Å². The van der Waals surface area contributed by atoms with E-state index in [4.69, 9.17) is 5.26 Å². The van der Waals surface area contributed by atoms with Gasteiger partial charge in [0.15, 0.2) is 11.6 Å². The molecule has 0 aromatic heterocycles. The van der Waals surface area contributed by atoms with Crippen molar-refractivity contribution in [1.82, 2.24) is 0 Å². The van der Waals surface area contributed by atoms with E-state index < -0.39 is 29.4 Å². The second-order valence-corrected chi connectivity index (χ2v) is 3.36. The zero-order chi connectivity index (χ0) is 13.0. The summed E-state index contributed by atoms with van der Waals surface area (Å²) in [4.78, 5) is 0. The van der Waals surface area contributed by atoms with Crippen molar-refractivity contribution in [2.45, 2.75) is 18.6 Å². The topological polar surface area (TPSA) is 73.5 Å². The molecule has 1 aromatic carbocycles. The SMILES string of the molecule is COc1ccc(C(O)C(O)CC#N)c(F)c1F. The maximum atomic E-state index is 13.5. The van der Waals surface area contributed by atoms with Gasteiger partial charge < -0.3 is 14.9 Å². The van der Waals surface area contributed by atoms with Gasteiger partial charge in [0.1, 0.15) is 6.10 Å². The Hall–Kier alpha value is -1.71. The minimum Gasteiger partial charge on any atom is -0.494 e. The van der Waals surface area contributed by atoms with Crippen molar-refractivity contribution in [2.24, 2.45) is 0 Å². The molecule has 0 aliphatic rings. The highest BCUT2D eigenvalue weighted by Gasteiger charge is 2.24. The second-order valence-electron chi connectivity index (χ2n) is 3.36. The number of aliphatic hydroxyl groups is 2. The molecule has 0 radical (unpaired) electrons. The van der Waals surface area contributed by atoms with Crippen molar-refractivity contribution in [1.29, 1.82) is 5.26 Å². The van der Waals surface area contributed by atoms with Crippen LogP contribution in [0.4, 0.5) is 8.78 Å². The molecule has 1 rings (SSSR count). The number of methoxy groups -OCH3 is 1. The van der Waals surface area contributed by atoms with E-state index in [2.05, 4.69) is 4.74 Å². The minimum absolute atomic E-state index is 0.298. The Balaban J connectivity index is 3.08. The van der Waals surface area contributed by atoms with E-state index >= 15 is 0 Å². The molecule has 0 aliphatic heterocycles. The average molecular weight is 243 g/mol. The highest BCUT2D eigenvalue weighted by atomic mass is 19.2. The second kappa shape index (κ2) is 5.57. The Bertz CT molecular complexity index is 445. The number of nitrogens with zero attached hydrogens (tertiary/aromatic N) is 1. The standard InChI is InChI=1S/C11H11F2NO3/c1-17-8-3-2-6(9(12)10(8)13)11(16)7(15)4-5-14/h2-3,7,11,15-16H,4H2,1H3.